The van der Waals surface area contributed by atoms with Crippen LogP contribution in [0.2, 0.25) is 0 Å². The van der Waals surface area contributed by atoms with Crippen molar-refractivity contribution in [1.82, 2.24) is 5.32 Å². The van der Waals surface area contributed by atoms with Crippen LogP contribution in [-0.4, -0.2) is 22.5 Å². The van der Waals surface area contributed by atoms with Gasteiger partial charge in [-0.05, 0) is 49.3 Å². The normalized spacial score (nSPS) is 24.1. The zero-order valence-corrected chi connectivity index (χ0v) is 15.8. The molecule has 140 valence electrons. The molecule has 3 rings (SSSR count). The summed E-state index contributed by atoms with van der Waals surface area (Å²) in [5.41, 5.74) is 0.823. The summed E-state index contributed by atoms with van der Waals surface area (Å²) in [6.07, 6.45) is 6.32. The number of rotatable bonds is 4. The molecule has 0 saturated heterocycles. The van der Waals surface area contributed by atoms with Crippen LogP contribution in [0.1, 0.15) is 64.4 Å². The van der Waals surface area contributed by atoms with Crippen LogP contribution in [0.25, 0.3) is 0 Å². The summed E-state index contributed by atoms with van der Waals surface area (Å²) in [6.45, 7) is 5.51. The molecule has 26 heavy (non-hydrogen) atoms. The molecule has 1 saturated carbocycles. The van der Waals surface area contributed by atoms with Crippen molar-refractivity contribution in [2.24, 2.45) is 5.92 Å². The molecule has 1 aromatic rings. The molecular formula is C21H28N2O3. The van der Waals surface area contributed by atoms with E-state index in [0.29, 0.717) is 11.6 Å². The Balaban J connectivity index is 1.73. The van der Waals surface area contributed by atoms with Gasteiger partial charge in [0.1, 0.15) is 11.3 Å². The fourth-order valence-electron chi connectivity index (χ4n) is 3.82. The maximum absolute atomic E-state index is 12.5. The van der Waals surface area contributed by atoms with E-state index in [4.69, 9.17) is 0 Å². The molecule has 0 spiro atoms. The number of hydrogen-bond donors (Lipinski definition) is 3. The fraction of sp³-hybridized carbons (Fsp3) is 0.524. The average Bonchev–Trinajstić information content (AvgIpc) is 2.86. The van der Waals surface area contributed by atoms with Gasteiger partial charge in [0.05, 0.1) is 5.54 Å². The number of carbonyl (C=O) groups excluding carboxylic acids is 2. The largest absolute Gasteiger partial charge is 0.509 e. The van der Waals surface area contributed by atoms with E-state index >= 15 is 0 Å². The first kappa shape index (κ1) is 18.5. The van der Waals surface area contributed by atoms with Crippen molar-refractivity contribution in [1.29, 1.82) is 0 Å². The highest BCUT2D eigenvalue weighted by Gasteiger charge is 2.46. The maximum atomic E-state index is 12.5. The van der Waals surface area contributed by atoms with E-state index in [0.717, 1.165) is 0 Å². The topological polar surface area (TPSA) is 78.4 Å². The van der Waals surface area contributed by atoms with Gasteiger partial charge in [-0.25, -0.2) is 0 Å². The summed E-state index contributed by atoms with van der Waals surface area (Å²) >= 11 is 0. The van der Waals surface area contributed by atoms with Crippen LogP contribution in [0.4, 0.5) is 5.69 Å². The summed E-state index contributed by atoms with van der Waals surface area (Å²) in [7, 11) is 0. The monoisotopic (exact) mass is 356 g/mol. The smallest absolute Gasteiger partial charge is 0.264 e. The van der Waals surface area contributed by atoms with Gasteiger partial charge in [0.15, 0.2) is 0 Å². The highest BCUT2D eigenvalue weighted by molar-refractivity contribution is 6.24. The number of nitrogens with one attached hydrogen (secondary N) is 2. The number of amides is 2. The van der Waals surface area contributed by atoms with Crippen molar-refractivity contribution in [3.05, 3.63) is 41.2 Å². The number of anilines is 1. The third kappa shape index (κ3) is 3.35. The van der Waals surface area contributed by atoms with Crippen LogP contribution in [-0.2, 0) is 9.59 Å². The Hall–Kier alpha value is -2.30. The minimum atomic E-state index is -0.908. The summed E-state index contributed by atoms with van der Waals surface area (Å²) in [6, 6.07) is 7.83. The summed E-state index contributed by atoms with van der Waals surface area (Å²) in [4.78, 5) is 24.7. The molecule has 1 aliphatic heterocycles. The van der Waals surface area contributed by atoms with Gasteiger partial charge in [0, 0.05) is 5.69 Å². The number of aliphatic hydroxyl groups is 1. The highest BCUT2D eigenvalue weighted by atomic mass is 16.3. The van der Waals surface area contributed by atoms with E-state index in [1.54, 1.807) is 6.92 Å². The van der Waals surface area contributed by atoms with E-state index in [1.165, 1.54) is 37.7 Å². The van der Waals surface area contributed by atoms with Crippen LogP contribution in [0.3, 0.4) is 0 Å². The van der Waals surface area contributed by atoms with E-state index in [-0.39, 0.29) is 17.3 Å². The van der Waals surface area contributed by atoms with Crippen molar-refractivity contribution >= 4 is 17.5 Å². The lowest BCUT2D eigenvalue weighted by atomic mass is 9.84. The first-order valence-corrected chi connectivity index (χ1v) is 9.50. The van der Waals surface area contributed by atoms with E-state index < -0.39 is 17.4 Å². The molecule has 1 aliphatic carbocycles. The Bertz CT molecular complexity index is 730. The van der Waals surface area contributed by atoms with Crippen LogP contribution < -0.4 is 10.6 Å². The lowest BCUT2D eigenvalue weighted by molar-refractivity contribution is -0.121. The molecule has 1 atom stereocenters. The van der Waals surface area contributed by atoms with Crippen LogP contribution >= 0.6 is 0 Å². The number of benzene rings is 1. The molecule has 0 unspecified atom stereocenters. The van der Waals surface area contributed by atoms with Gasteiger partial charge in [0.2, 0.25) is 0 Å². The van der Waals surface area contributed by atoms with Crippen molar-refractivity contribution < 1.29 is 14.7 Å². The van der Waals surface area contributed by atoms with Crippen molar-refractivity contribution in [2.45, 2.75) is 64.3 Å². The third-order valence-electron chi connectivity index (χ3n) is 5.96. The Morgan fingerprint density at radius 2 is 1.81 bits per heavy atom. The lowest BCUT2D eigenvalue weighted by Gasteiger charge is -2.28. The minimum Gasteiger partial charge on any atom is -0.509 e. The van der Waals surface area contributed by atoms with E-state index in [1.807, 2.05) is 38.1 Å². The molecule has 0 radical (unpaired) electrons. The molecule has 3 N–H and O–H groups in total. The summed E-state index contributed by atoms with van der Waals surface area (Å²) in [5, 5.41) is 15.9. The first-order valence-electron chi connectivity index (χ1n) is 9.50. The van der Waals surface area contributed by atoms with Crippen molar-refractivity contribution in [3.8, 4) is 0 Å². The molecule has 2 amide bonds. The van der Waals surface area contributed by atoms with Crippen LogP contribution in [0.5, 0.6) is 0 Å². The predicted molar refractivity (Wildman–Crippen MR) is 102 cm³/mol. The molecule has 2 aliphatic rings. The second-order valence-corrected chi connectivity index (χ2v) is 7.95. The summed E-state index contributed by atoms with van der Waals surface area (Å²) < 4.78 is 0. The number of carbonyl (C=O) groups is 2. The Kier molecular flexibility index (Phi) is 5.08. The van der Waals surface area contributed by atoms with Crippen LogP contribution in [0, 0.1) is 5.92 Å². The van der Waals surface area contributed by atoms with Gasteiger partial charge in [-0.2, -0.15) is 0 Å². The van der Waals surface area contributed by atoms with Crippen LogP contribution in [0.15, 0.2) is 35.6 Å². The second kappa shape index (κ2) is 7.14. The zero-order valence-electron chi connectivity index (χ0n) is 15.8. The van der Waals surface area contributed by atoms with Gasteiger partial charge in [-0.1, -0.05) is 45.2 Å². The van der Waals surface area contributed by atoms with Gasteiger partial charge < -0.3 is 15.7 Å². The van der Waals surface area contributed by atoms with Gasteiger partial charge in [-0.15, -0.1) is 0 Å². The quantitative estimate of drug-likeness (QED) is 0.713. The third-order valence-corrected chi connectivity index (χ3v) is 5.96. The molecule has 1 fully saturated rings. The molecule has 0 bridgehead atoms. The fourth-order valence-corrected chi connectivity index (χ4v) is 3.82. The Morgan fingerprint density at radius 3 is 2.35 bits per heavy atom. The number of aliphatic hydroxyl groups excluding tert-OH is 1. The minimum absolute atomic E-state index is 0.0356. The Morgan fingerprint density at radius 1 is 1.19 bits per heavy atom. The number of hydrogen-bond acceptors (Lipinski definition) is 3. The van der Waals surface area contributed by atoms with Gasteiger partial charge >= 0.3 is 0 Å². The van der Waals surface area contributed by atoms with E-state index in [9.17, 15) is 14.7 Å². The van der Waals surface area contributed by atoms with Crippen molar-refractivity contribution in [3.63, 3.8) is 0 Å². The molecule has 1 heterocycles. The zero-order chi connectivity index (χ0) is 18.9. The van der Waals surface area contributed by atoms with E-state index in [2.05, 4.69) is 10.6 Å². The molecular weight excluding hydrogens is 328 g/mol. The van der Waals surface area contributed by atoms with Gasteiger partial charge in [-0.3, -0.25) is 9.59 Å². The first-order chi connectivity index (χ1) is 12.3. The lowest BCUT2D eigenvalue weighted by Crippen LogP contribution is -2.46. The highest BCUT2D eigenvalue weighted by Crippen LogP contribution is 2.34. The predicted octanol–water partition coefficient (Wildman–Crippen LogP) is 4.03. The Labute approximate surface area is 154 Å². The standard InChI is InChI=1S/C21H28N2O3/c1-13(2)21(3)18(24)17(20(26)23-21)19(25)22-16-11-9-15(10-12-16)14-7-5-4-6-8-14/h9-14,24H,4-8H2,1-3H3,(H,22,25)(H,23,26)/t21-/m1/s1. The van der Waals surface area contributed by atoms with Gasteiger partial charge in [0.25, 0.3) is 11.8 Å². The SMILES string of the molecule is CC(C)[C@@]1(C)NC(=O)C(C(=O)Nc2ccc(C3CCCCC3)cc2)=C1O. The average molecular weight is 356 g/mol. The van der Waals surface area contributed by atoms with Crippen molar-refractivity contribution in [2.75, 3.05) is 5.32 Å². The molecule has 1 aromatic carbocycles. The second-order valence-electron chi connectivity index (χ2n) is 7.95. The summed E-state index contributed by atoms with van der Waals surface area (Å²) in [5.74, 6) is -0.724. The molecule has 5 nitrogen and oxygen atoms in total. The molecule has 5 heteroatoms. The molecule has 0 aromatic heterocycles. The maximum Gasteiger partial charge on any atom is 0.264 e.